The first-order valence-electron chi connectivity index (χ1n) is 17.4. The highest BCUT2D eigenvalue weighted by molar-refractivity contribution is 5.42. The molecule has 2 aromatic rings. The Kier molecular flexibility index (Phi) is 9.40. The molecule has 0 N–H and O–H groups in total. The Morgan fingerprint density at radius 3 is 1.53 bits per heavy atom. The Hall–Kier alpha value is -2.05. The van der Waals surface area contributed by atoms with Crippen molar-refractivity contribution in [2.24, 2.45) is 41.4 Å². The van der Waals surface area contributed by atoms with E-state index in [1.807, 2.05) is 0 Å². The van der Waals surface area contributed by atoms with E-state index in [1.54, 1.807) is 19.1 Å². The average Bonchev–Trinajstić information content (AvgIpc) is 3.47. The van der Waals surface area contributed by atoms with Crippen LogP contribution in [0.15, 0.2) is 24.3 Å². The molecule has 7 rings (SSSR count). The highest BCUT2D eigenvalue weighted by Crippen LogP contribution is 2.55. The first-order chi connectivity index (χ1) is 21.4. The molecule has 248 valence electrons. The average molecular weight is 637 g/mol. The molecule has 0 saturated heterocycles. The summed E-state index contributed by atoms with van der Waals surface area (Å²) in [5.74, 6) is -8.66. The van der Waals surface area contributed by atoms with Crippen molar-refractivity contribution in [2.45, 2.75) is 122 Å². The van der Waals surface area contributed by atoms with Crippen LogP contribution in [-0.2, 0) is 24.7 Å². The summed E-state index contributed by atoms with van der Waals surface area (Å²) in [6.07, 6.45) is 14.4. The fourth-order valence-electron chi connectivity index (χ4n) is 9.71. The number of fused-ring (bicyclic) bond motifs is 2. The predicted octanol–water partition coefficient (Wildman–Crippen LogP) is 11.8. The van der Waals surface area contributed by atoms with Gasteiger partial charge in [0.05, 0.1) is 11.1 Å². The molecule has 2 aromatic carbocycles. The summed E-state index contributed by atoms with van der Waals surface area (Å²) in [5, 5.41) is 0. The second-order valence-corrected chi connectivity index (χ2v) is 15.1. The van der Waals surface area contributed by atoms with Gasteiger partial charge in [-0.2, -0.15) is 0 Å². The largest absolute Gasteiger partial charge is 0.279 e. The lowest BCUT2D eigenvalue weighted by molar-refractivity contribution is -0.0854. The van der Waals surface area contributed by atoms with E-state index in [0.717, 1.165) is 81.6 Å². The van der Waals surface area contributed by atoms with Crippen LogP contribution in [0.3, 0.4) is 0 Å². The highest BCUT2D eigenvalue weighted by Gasteiger charge is 2.55. The highest BCUT2D eigenvalue weighted by atomic mass is 19.3. The Bertz CT molecular complexity index is 1340. The zero-order valence-corrected chi connectivity index (χ0v) is 26.6. The standard InChI is InChI=1S/C23H31F3.C15H16F4/c1-14-3-6-16(7-4-14)17-9-11-18(12-10-17)20-13-19-8-5-15(2)22(24)21(19)23(20,25)26;16-12-7-6-10-8-11(9-4-2-1-3-5-9)15(18,19)13(10)14(12)17/h5,8,14,16-18,20H,3-4,6-7,9-13H2,1-2H3;6-7,9,11H,1-5,8H2. The second kappa shape index (κ2) is 12.9. The molecule has 0 amide bonds. The Morgan fingerprint density at radius 1 is 0.533 bits per heavy atom. The zero-order chi connectivity index (χ0) is 32.1. The molecular formula is C38H47F7. The third-order valence-electron chi connectivity index (χ3n) is 12.4. The first kappa shape index (κ1) is 32.9. The minimum Gasteiger partial charge on any atom is -0.206 e. The van der Waals surface area contributed by atoms with Crippen LogP contribution in [0, 0.1) is 65.8 Å². The summed E-state index contributed by atoms with van der Waals surface area (Å²) in [7, 11) is 0. The van der Waals surface area contributed by atoms with Crippen LogP contribution in [0.5, 0.6) is 0 Å². The summed E-state index contributed by atoms with van der Waals surface area (Å²) in [6.45, 7) is 3.92. The Balaban J connectivity index is 0.000000167. The van der Waals surface area contributed by atoms with Gasteiger partial charge in [-0.15, -0.1) is 0 Å². The van der Waals surface area contributed by atoms with Crippen molar-refractivity contribution >= 4 is 0 Å². The molecule has 0 heterocycles. The van der Waals surface area contributed by atoms with Gasteiger partial charge in [0.1, 0.15) is 5.82 Å². The van der Waals surface area contributed by atoms with Crippen molar-refractivity contribution < 1.29 is 30.7 Å². The van der Waals surface area contributed by atoms with Crippen molar-refractivity contribution in [3.8, 4) is 0 Å². The normalized spacial score (nSPS) is 32.4. The van der Waals surface area contributed by atoms with E-state index in [2.05, 4.69) is 6.92 Å². The van der Waals surface area contributed by atoms with Crippen LogP contribution in [0.25, 0.3) is 0 Å². The fraction of sp³-hybridized carbons (Fsp3) is 0.684. The summed E-state index contributed by atoms with van der Waals surface area (Å²) < 4.78 is 100. The van der Waals surface area contributed by atoms with Gasteiger partial charge >= 0.3 is 0 Å². The molecular weight excluding hydrogens is 589 g/mol. The number of aryl methyl sites for hydroxylation is 1. The first-order valence-corrected chi connectivity index (χ1v) is 17.4. The lowest BCUT2D eigenvalue weighted by Gasteiger charge is -2.39. The van der Waals surface area contributed by atoms with Gasteiger partial charge in [-0.25, -0.2) is 30.7 Å². The summed E-state index contributed by atoms with van der Waals surface area (Å²) in [5.41, 5.74) is 0.152. The number of benzene rings is 2. The molecule has 7 heteroatoms. The monoisotopic (exact) mass is 636 g/mol. The molecule has 2 atom stereocenters. The van der Waals surface area contributed by atoms with E-state index in [0.29, 0.717) is 17.5 Å². The summed E-state index contributed by atoms with van der Waals surface area (Å²) in [6, 6.07) is 5.63. The second-order valence-electron chi connectivity index (χ2n) is 15.1. The van der Waals surface area contributed by atoms with Crippen LogP contribution >= 0.6 is 0 Å². The maximum absolute atomic E-state index is 15.1. The molecule has 5 aliphatic carbocycles. The minimum absolute atomic E-state index is 0.0378. The molecule has 5 aliphatic rings. The molecule has 2 unspecified atom stereocenters. The maximum Gasteiger partial charge on any atom is 0.279 e. The molecule has 3 fully saturated rings. The zero-order valence-electron chi connectivity index (χ0n) is 26.6. The molecule has 0 nitrogen and oxygen atoms in total. The van der Waals surface area contributed by atoms with Gasteiger partial charge in [-0.1, -0.05) is 57.2 Å². The predicted molar refractivity (Wildman–Crippen MR) is 163 cm³/mol. The maximum atomic E-state index is 15.1. The Morgan fingerprint density at radius 2 is 0.978 bits per heavy atom. The number of halogens is 7. The summed E-state index contributed by atoms with van der Waals surface area (Å²) in [4.78, 5) is 0. The number of alkyl halides is 4. The van der Waals surface area contributed by atoms with Gasteiger partial charge in [0.2, 0.25) is 0 Å². The van der Waals surface area contributed by atoms with Crippen LogP contribution in [0.2, 0.25) is 0 Å². The van der Waals surface area contributed by atoms with Crippen molar-refractivity contribution in [3.05, 3.63) is 69.5 Å². The van der Waals surface area contributed by atoms with Crippen LogP contribution in [-0.4, -0.2) is 0 Å². The molecule has 0 bridgehead atoms. The summed E-state index contributed by atoms with van der Waals surface area (Å²) >= 11 is 0. The van der Waals surface area contributed by atoms with Gasteiger partial charge in [-0.05, 0) is 123 Å². The Labute approximate surface area is 263 Å². The number of rotatable bonds is 3. The third-order valence-corrected chi connectivity index (χ3v) is 12.4. The van der Waals surface area contributed by atoms with Gasteiger partial charge in [0.15, 0.2) is 11.6 Å². The van der Waals surface area contributed by atoms with E-state index in [9.17, 15) is 22.0 Å². The van der Waals surface area contributed by atoms with Crippen LogP contribution in [0.4, 0.5) is 30.7 Å². The number of hydrogen-bond acceptors (Lipinski definition) is 0. The molecule has 45 heavy (non-hydrogen) atoms. The molecule has 0 aliphatic heterocycles. The van der Waals surface area contributed by atoms with Gasteiger partial charge in [0, 0.05) is 11.8 Å². The van der Waals surface area contributed by atoms with Crippen molar-refractivity contribution in [2.75, 3.05) is 0 Å². The topological polar surface area (TPSA) is 0 Å². The fourth-order valence-corrected chi connectivity index (χ4v) is 9.71. The van der Waals surface area contributed by atoms with E-state index in [-0.39, 0.29) is 29.4 Å². The SMILES string of the molecule is Cc1ccc2c(c1F)C(F)(F)C(C1CCC(C3CCC(C)CC3)CC1)C2.Fc1ccc2c(c1F)C(F)(F)C(C1CCCCC1)C2. The van der Waals surface area contributed by atoms with Crippen LogP contribution in [0.1, 0.15) is 118 Å². The van der Waals surface area contributed by atoms with Crippen molar-refractivity contribution in [1.29, 1.82) is 0 Å². The quantitative estimate of drug-likeness (QED) is 0.294. The third kappa shape index (κ3) is 6.20. The van der Waals surface area contributed by atoms with Gasteiger partial charge in [-0.3, -0.25) is 0 Å². The van der Waals surface area contributed by atoms with Crippen molar-refractivity contribution in [1.82, 2.24) is 0 Å². The van der Waals surface area contributed by atoms with E-state index >= 15 is 8.78 Å². The number of hydrogen-bond donors (Lipinski definition) is 0. The van der Waals surface area contributed by atoms with E-state index in [1.165, 1.54) is 31.7 Å². The van der Waals surface area contributed by atoms with Crippen molar-refractivity contribution in [3.63, 3.8) is 0 Å². The van der Waals surface area contributed by atoms with Gasteiger partial charge in [0.25, 0.3) is 11.8 Å². The molecule has 3 saturated carbocycles. The molecule has 0 spiro atoms. The van der Waals surface area contributed by atoms with E-state index < -0.39 is 46.7 Å². The van der Waals surface area contributed by atoms with Crippen LogP contribution < -0.4 is 0 Å². The lowest BCUT2D eigenvalue weighted by atomic mass is 9.67. The lowest BCUT2D eigenvalue weighted by Crippen LogP contribution is -2.33. The van der Waals surface area contributed by atoms with E-state index in [4.69, 9.17) is 0 Å². The minimum atomic E-state index is -3.23. The smallest absolute Gasteiger partial charge is 0.206 e. The molecule has 0 aromatic heterocycles. The van der Waals surface area contributed by atoms with Gasteiger partial charge < -0.3 is 0 Å². The molecule has 0 radical (unpaired) electrons.